The number of carbonyl (C=O) groups excluding carboxylic acids is 2. The van der Waals surface area contributed by atoms with Crippen LogP contribution in [0.25, 0.3) is 0 Å². The molecular formula is C35H40FN3O2. The third-order valence-electron chi connectivity index (χ3n) is 9.57. The molecule has 3 aromatic carbocycles. The number of likely N-dealkylation sites (tertiary alicyclic amines) is 2. The van der Waals surface area contributed by atoms with E-state index in [1.165, 1.54) is 29.7 Å². The van der Waals surface area contributed by atoms with Crippen LogP contribution in [0.4, 0.5) is 4.39 Å². The average molecular weight is 554 g/mol. The highest BCUT2D eigenvalue weighted by molar-refractivity contribution is 5.94. The van der Waals surface area contributed by atoms with Gasteiger partial charge < -0.3 is 14.7 Å². The van der Waals surface area contributed by atoms with Crippen molar-refractivity contribution in [1.29, 1.82) is 0 Å². The van der Waals surface area contributed by atoms with Gasteiger partial charge in [-0.1, -0.05) is 54.6 Å². The summed E-state index contributed by atoms with van der Waals surface area (Å²) in [5, 5.41) is 0. The molecule has 5 nitrogen and oxygen atoms in total. The van der Waals surface area contributed by atoms with Crippen LogP contribution >= 0.6 is 0 Å². The lowest BCUT2D eigenvalue weighted by molar-refractivity contribution is -0.140. The topological polar surface area (TPSA) is 43.9 Å². The number of carbonyl (C=O) groups is 2. The highest BCUT2D eigenvalue weighted by Gasteiger charge is 2.45. The second-order valence-electron chi connectivity index (χ2n) is 11.9. The monoisotopic (exact) mass is 553 g/mol. The van der Waals surface area contributed by atoms with Gasteiger partial charge in [-0.3, -0.25) is 9.59 Å². The lowest BCUT2D eigenvalue weighted by atomic mass is 9.71. The van der Waals surface area contributed by atoms with Crippen molar-refractivity contribution in [3.8, 4) is 0 Å². The fourth-order valence-electron chi connectivity index (χ4n) is 7.21. The first-order chi connectivity index (χ1) is 20.0. The summed E-state index contributed by atoms with van der Waals surface area (Å²) in [6.07, 6.45) is 6.67. The third kappa shape index (κ3) is 5.67. The van der Waals surface area contributed by atoms with Crippen LogP contribution in [0.1, 0.15) is 71.6 Å². The van der Waals surface area contributed by atoms with Crippen molar-refractivity contribution in [1.82, 2.24) is 14.7 Å². The SMILES string of the molecule is O=C(c1ccc(F)cc1)N1CCc2ccccc2C1CCN1CCC(C(=O)N2CCCCC2)(c2ccccc2)CC1. The molecule has 6 heteroatoms. The largest absolute Gasteiger partial charge is 0.342 e. The molecule has 0 aliphatic carbocycles. The Hall–Kier alpha value is -3.51. The molecule has 0 bridgehead atoms. The summed E-state index contributed by atoms with van der Waals surface area (Å²) in [4.78, 5) is 34.2. The second-order valence-corrected chi connectivity index (χ2v) is 11.9. The van der Waals surface area contributed by atoms with Gasteiger partial charge in [-0.25, -0.2) is 4.39 Å². The predicted octanol–water partition coefficient (Wildman–Crippen LogP) is 6.00. The molecule has 0 radical (unpaired) electrons. The second kappa shape index (κ2) is 12.2. The maximum atomic E-state index is 14.0. The molecular weight excluding hydrogens is 513 g/mol. The number of rotatable bonds is 6. The summed E-state index contributed by atoms with van der Waals surface area (Å²) in [6, 6.07) is 24.7. The standard InChI is InChI=1S/C35H40FN3O2/c36-30-15-13-28(14-16-30)33(40)39-24-17-27-9-5-6-12-31(27)32(39)18-23-37-25-19-35(20-26-37,29-10-3-1-4-11-29)34(41)38-21-7-2-8-22-38/h1,3-6,9-16,32H,2,7-8,17-26H2. The van der Waals surface area contributed by atoms with Gasteiger partial charge in [-0.05, 0) is 99.0 Å². The van der Waals surface area contributed by atoms with Gasteiger partial charge in [0.2, 0.25) is 5.91 Å². The van der Waals surface area contributed by atoms with Crippen molar-refractivity contribution in [2.24, 2.45) is 0 Å². The van der Waals surface area contributed by atoms with Crippen molar-refractivity contribution in [3.63, 3.8) is 0 Å². The Labute approximate surface area is 243 Å². The molecule has 0 saturated carbocycles. The van der Waals surface area contributed by atoms with Gasteiger partial charge in [0, 0.05) is 31.7 Å². The Morgan fingerprint density at radius 3 is 2.20 bits per heavy atom. The van der Waals surface area contributed by atoms with Crippen LogP contribution in [0.3, 0.4) is 0 Å². The molecule has 3 heterocycles. The number of benzene rings is 3. The fourth-order valence-corrected chi connectivity index (χ4v) is 7.21. The zero-order chi connectivity index (χ0) is 28.2. The molecule has 214 valence electrons. The van der Waals surface area contributed by atoms with E-state index in [2.05, 4.69) is 58.3 Å². The van der Waals surface area contributed by atoms with Crippen LogP contribution in [0.2, 0.25) is 0 Å². The van der Waals surface area contributed by atoms with Crippen molar-refractivity contribution in [2.75, 3.05) is 39.3 Å². The molecule has 41 heavy (non-hydrogen) atoms. The molecule has 1 atom stereocenters. The Morgan fingerprint density at radius 1 is 0.780 bits per heavy atom. The molecule has 2 amide bonds. The number of hydrogen-bond acceptors (Lipinski definition) is 3. The van der Waals surface area contributed by atoms with Crippen LogP contribution in [-0.2, 0) is 16.6 Å². The summed E-state index contributed by atoms with van der Waals surface area (Å²) in [7, 11) is 0. The Kier molecular flexibility index (Phi) is 8.20. The predicted molar refractivity (Wildman–Crippen MR) is 159 cm³/mol. The minimum Gasteiger partial charge on any atom is -0.342 e. The van der Waals surface area contributed by atoms with E-state index in [1.807, 2.05) is 11.0 Å². The number of nitrogens with zero attached hydrogens (tertiary/aromatic N) is 3. The summed E-state index contributed by atoms with van der Waals surface area (Å²) in [6.45, 7) is 4.96. The Bertz CT molecular complexity index is 1350. The zero-order valence-corrected chi connectivity index (χ0v) is 23.8. The lowest BCUT2D eigenvalue weighted by Crippen LogP contribution is -2.54. The van der Waals surface area contributed by atoms with Gasteiger partial charge in [0.15, 0.2) is 0 Å². The average Bonchev–Trinajstić information content (AvgIpc) is 3.04. The van der Waals surface area contributed by atoms with Crippen molar-refractivity contribution in [2.45, 2.75) is 56.4 Å². The molecule has 3 aromatic rings. The first-order valence-corrected chi connectivity index (χ1v) is 15.3. The number of fused-ring (bicyclic) bond motifs is 1. The maximum absolute atomic E-state index is 14.0. The quantitative estimate of drug-likeness (QED) is 0.376. The highest BCUT2D eigenvalue weighted by Crippen LogP contribution is 2.39. The summed E-state index contributed by atoms with van der Waals surface area (Å²) < 4.78 is 13.6. The molecule has 2 saturated heterocycles. The molecule has 0 aromatic heterocycles. The van der Waals surface area contributed by atoms with Gasteiger partial charge in [0.25, 0.3) is 5.91 Å². The van der Waals surface area contributed by atoms with E-state index in [4.69, 9.17) is 0 Å². The zero-order valence-electron chi connectivity index (χ0n) is 23.8. The minimum atomic E-state index is -0.461. The molecule has 3 aliphatic rings. The maximum Gasteiger partial charge on any atom is 0.254 e. The number of hydrogen-bond donors (Lipinski definition) is 0. The van der Waals surface area contributed by atoms with E-state index in [9.17, 15) is 14.0 Å². The highest BCUT2D eigenvalue weighted by atomic mass is 19.1. The van der Waals surface area contributed by atoms with Crippen LogP contribution in [0.15, 0.2) is 78.9 Å². The first-order valence-electron chi connectivity index (χ1n) is 15.3. The van der Waals surface area contributed by atoms with E-state index in [1.54, 1.807) is 12.1 Å². The van der Waals surface area contributed by atoms with E-state index >= 15 is 0 Å². The van der Waals surface area contributed by atoms with E-state index < -0.39 is 5.41 Å². The van der Waals surface area contributed by atoms with Gasteiger partial charge in [-0.15, -0.1) is 0 Å². The molecule has 1 unspecified atom stereocenters. The van der Waals surface area contributed by atoms with Crippen molar-refractivity contribution in [3.05, 3.63) is 107 Å². The summed E-state index contributed by atoms with van der Waals surface area (Å²) in [5.41, 5.74) is 3.72. The van der Waals surface area contributed by atoms with Gasteiger partial charge in [0.05, 0.1) is 11.5 Å². The van der Waals surface area contributed by atoms with Crippen molar-refractivity contribution >= 4 is 11.8 Å². The van der Waals surface area contributed by atoms with Crippen LogP contribution in [-0.4, -0.2) is 65.8 Å². The third-order valence-corrected chi connectivity index (χ3v) is 9.57. The molecule has 3 aliphatic heterocycles. The van der Waals surface area contributed by atoms with E-state index in [0.717, 1.165) is 76.8 Å². The number of piperidine rings is 2. The number of amides is 2. The molecule has 6 rings (SSSR count). The van der Waals surface area contributed by atoms with Gasteiger partial charge in [0.1, 0.15) is 5.82 Å². The van der Waals surface area contributed by atoms with Crippen LogP contribution < -0.4 is 0 Å². The lowest BCUT2D eigenvalue weighted by Gasteiger charge is -2.45. The van der Waals surface area contributed by atoms with Crippen LogP contribution in [0.5, 0.6) is 0 Å². The van der Waals surface area contributed by atoms with Gasteiger partial charge >= 0.3 is 0 Å². The van der Waals surface area contributed by atoms with E-state index in [0.29, 0.717) is 18.0 Å². The first kappa shape index (κ1) is 27.6. The normalized spacial score (nSPS) is 20.9. The van der Waals surface area contributed by atoms with Gasteiger partial charge in [-0.2, -0.15) is 0 Å². The minimum absolute atomic E-state index is 0.0340. The molecule has 2 fully saturated rings. The molecule has 0 N–H and O–H groups in total. The Morgan fingerprint density at radius 2 is 1.46 bits per heavy atom. The summed E-state index contributed by atoms with van der Waals surface area (Å²) >= 11 is 0. The van der Waals surface area contributed by atoms with Crippen LogP contribution in [0, 0.1) is 5.82 Å². The number of halogens is 1. The van der Waals surface area contributed by atoms with E-state index in [-0.39, 0.29) is 17.8 Å². The Balaban J connectivity index is 1.18. The summed E-state index contributed by atoms with van der Waals surface area (Å²) in [5.74, 6) is -0.0729. The van der Waals surface area contributed by atoms with Crippen molar-refractivity contribution < 1.29 is 14.0 Å². The smallest absolute Gasteiger partial charge is 0.254 e. The fraction of sp³-hybridized carbons (Fsp3) is 0.429. The molecule has 0 spiro atoms.